The first-order chi connectivity index (χ1) is 10.3. The summed E-state index contributed by atoms with van der Waals surface area (Å²) in [7, 11) is 1.51. The van der Waals surface area contributed by atoms with E-state index in [2.05, 4.69) is 10.6 Å². The molecular formula is C13H13I3N2O4. The van der Waals surface area contributed by atoms with Crippen molar-refractivity contribution in [3.8, 4) is 0 Å². The van der Waals surface area contributed by atoms with E-state index in [1.165, 1.54) is 14.0 Å². The summed E-state index contributed by atoms with van der Waals surface area (Å²) in [4.78, 5) is 35.8. The Kier molecular flexibility index (Phi) is 7.78. The number of anilines is 1. The van der Waals surface area contributed by atoms with Gasteiger partial charge < -0.3 is 15.4 Å². The molecule has 0 aliphatic heterocycles. The lowest BCUT2D eigenvalue weighted by Crippen LogP contribution is -2.25. The van der Waals surface area contributed by atoms with Crippen LogP contribution in [0.2, 0.25) is 0 Å². The standard InChI is InChI=1S/C13H13I3N2O4/c1-4-22-13(21)7-8(14)6(12(20)17-3)9(15)11(10(7)16)18-5(2)19/h4H2,1-3H3,(H,17,20)(H,18,19). The van der Waals surface area contributed by atoms with Crippen LogP contribution in [0, 0.1) is 10.7 Å². The van der Waals surface area contributed by atoms with Gasteiger partial charge in [-0.25, -0.2) is 4.79 Å². The molecule has 0 heterocycles. The first kappa shape index (κ1) is 19.9. The zero-order valence-corrected chi connectivity index (χ0v) is 18.4. The van der Waals surface area contributed by atoms with Gasteiger partial charge in [0.25, 0.3) is 5.91 Å². The highest BCUT2D eigenvalue weighted by Crippen LogP contribution is 2.36. The molecule has 9 heteroatoms. The summed E-state index contributed by atoms with van der Waals surface area (Å²) in [6.45, 7) is 3.30. The third-order valence-corrected chi connectivity index (χ3v) is 5.79. The Bertz CT molecular complexity index is 647. The van der Waals surface area contributed by atoms with E-state index in [1.807, 2.05) is 67.8 Å². The fourth-order valence-corrected chi connectivity index (χ4v) is 6.02. The molecule has 120 valence electrons. The average Bonchev–Trinajstić information content (AvgIpc) is 2.43. The summed E-state index contributed by atoms with van der Waals surface area (Å²) >= 11 is 5.92. The third kappa shape index (κ3) is 4.21. The van der Waals surface area contributed by atoms with Crippen molar-refractivity contribution < 1.29 is 19.1 Å². The second kappa shape index (κ2) is 8.61. The predicted molar refractivity (Wildman–Crippen MR) is 108 cm³/mol. The fraction of sp³-hybridized carbons (Fsp3) is 0.308. The molecular weight excluding hydrogens is 629 g/mol. The number of benzene rings is 1. The van der Waals surface area contributed by atoms with E-state index in [0.29, 0.717) is 22.0 Å². The quantitative estimate of drug-likeness (QED) is 0.391. The minimum Gasteiger partial charge on any atom is -0.462 e. The Morgan fingerprint density at radius 1 is 1.05 bits per heavy atom. The van der Waals surface area contributed by atoms with Gasteiger partial charge in [-0.3, -0.25) is 9.59 Å². The Balaban J connectivity index is 3.72. The molecule has 22 heavy (non-hydrogen) atoms. The van der Waals surface area contributed by atoms with E-state index < -0.39 is 5.97 Å². The topological polar surface area (TPSA) is 84.5 Å². The Morgan fingerprint density at radius 2 is 1.59 bits per heavy atom. The van der Waals surface area contributed by atoms with Crippen molar-refractivity contribution in [3.63, 3.8) is 0 Å². The molecule has 0 radical (unpaired) electrons. The van der Waals surface area contributed by atoms with Crippen LogP contribution in [0.4, 0.5) is 5.69 Å². The highest BCUT2D eigenvalue weighted by Gasteiger charge is 2.28. The van der Waals surface area contributed by atoms with E-state index in [1.54, 1.807) is 6.92 Å². The minimum atomic E-state index is -0.524. The van der Waals surface area contributed by atoms with E-state index in [0.717, 1.165) is 0 Å². The summed E-state index contributed by atoms with van der Waals surface area (Å²) < 4.78 is 6.69. The van der Waals surface area contributed by atoms with Crippen LogP contribution in [-0.4, -0.2) is 31.4 Å². The number of esters is 1. The summed E-state index contributed by atoms with van der Waals surface area (Å²) in [6, 6.07) is 0. The lowest BCUT2D eigenvalue weighted by atomic mass is 10.1. The molecule has 6 nitrogen and oxygen atoms in total. The molecule has 0 bridgehead atoms. The average molecular weight is 642 g/mol. The molecule has 2 N–H and O–H groups in total. The van der Waals surface area contributed by atoms with Gasteiger partial charge in [-0.05, 0) is 74.7 Å². The maximum Gasteiger partial charge on any atom is 0.340 e. The van der Waals surface area contributed by atoms with Gasteiger partial charge in [-0.2, -0.15) is 0 Å². The number of halogens is 3. The predicted octanol–water partition coefficient (Wildman–Crippen LogP) is 3.00. The zero-order valence-electron chi connectivity index (χ0n) is 12.0. The number of amides is 2. The molecule has 1 rings (SSSR count). The van der Waals surface area contributed by atoms with Gasteiger partial charge in [0.05, 0.1) is 30.6 Å². The molecule has 2 amide bonds. The van der Waals surface area contributed by atoms with Gasteiger partial charge in [-0.15, -0.1) is 0 Å². The van der Waals surface area contributed by atoms with E-state index in [4.69, 9.17) is 4.74 Å². The Hall–Kier alpha value is -0.180. The van der Waals surface area contributed by atoms with Crippen LogP contribution in [0.1, 0.15) is 34.6 Å². The third-order valence-electron chi connectivity index (χ3n) is 2.55. The lowest BCUT2D eigenvalue weighted by molar-refractivity contribution is -0.114. The number of carbonyl (C=O) groups excluding carboxylic acids is 3. The molecule has 1 aromatic rings. The molecule has 0 aromatic heterocycles. The maximum absolute atomic E-state index is 12.2. The van der Waals surface area contributed by atoms with Gasteiger partial charge in [0.15, 0.2) is 0 Å². The highest BCUT2D eigenvalue weighted by atomic mass is 127. The number of nitrogens with one attached hydrogen (secondary N) is 2. The van der Waals surface area contributed by atoms with Gasteiger partial charge in [0.1, 0.15) is 0 Å². The molecule has 0 spiro atoms. The van der Waals surface area contributed by atoms with E-state index in [-0.39, 0.29) is 24.0 Å². The van der Waals surface area contributed by atoms with Gasteiger partial charge >= 0.3 is 5.97 Å². The molecule has 0 unspecified atom stereocenters. The van der Waals surface area contributed by atoms with Crippen LogP contribution in [0.15, 0.2) is 0 Å². The monoisotopic (exact) mass is 642 g/mol. The molecule has 0 saturated heterocycles. The lowest BCUT2D eigenvalue weighted by Gasteiger charge is -2.18. The number of hydrogen-bond donors (Lipinski definition) is 2. The minimum absolute atomic E-state index is 0.224. The summed E-state index contributed by atoms with van der Waals surface area (Å²) in [5.74, 6) is -1.14. The first-order valence-corrected chi connectivity index (χ1v) is 9.37. The van der Waals surface area contributed by atoms with Crippen molar-refractivity contribution in [1.29, 1.82) is 0 Å². The SMILES string of the molecule is CCOC(=O)c1c(I)c(NC(C)=O)c(I)c(C(=O)NC)c1I. The zero-order chi connectivity index (χ0) is 17.0. The molecule has 0 aliphatic rings. The maximum atomic E-state index is 12.2. The second-order valence-corrected chi connectivity index (χ2v) is 7.28. The summed E-state index contributed by atoms with van der Waals surface area (Å²) in [6.07, 6.45) is 0. The molecule has 1 aromatic carbocycles. The van der Waals surface area contributed by atoms with Gasteiger partial charge in [0, 0.05) is 17.5 Å². The number of hydrogen-bond acceptors (Lipinski definition) is 4. The second-order valence-electron chi connectivity index (χ2n) is 4.05. The smallest absolute Gasteiger partial charge is 0.340 e. The van der Waals surface area contributed by atoms with Crippen molar-refractivity contribution >= 4 is 91.2 Å². The molecule has 0 aliphatic carbocycles. The van der Waals surface area contributed by atoms with Crippen LogP contribution in [0.25, 0.3) is 0 Å². The number of carbonyl (C=O) groups is 3. The van der Waals surface area contributed by atoms with Crippen LogP contribution in [0.5, 0.6) is 0 Å². The molecule has 0 fully saturated rings. The fourth-order valence-electron chi connectivity index (χ4n) is 1.66. The van der Waals surface area contributed by atoms with Crippen molar-refractivity contribution in [2.45, 2.75) is 13.8 Å². The van der Waals surface area contributed by atoms with Crippen LogP contribution >= 0.6 is 67.8 Å². The molecule has 0 saturated carbocycles. The van der Waals surface area contributed by atoms with Crippen LogP contribution < -0.4 is 10.6 Å². The first-order valence-electron chi connectivity index (χ1n) is 6.13. The largest absolute Gasteiger partial charge is 0.462 e. The van der Waals surface area contributed by atoms with Gasteiger partial charge in [0.2, 0.25) is 5.91 Å². The van der Waals surface area contributed by atoms with Gasteiger partial charge in [-0.1, -0.05) is 0 Å². The van der Waals surface area contributed by atoms with Crippen LogP contribution in [0.3, 0.4) is 0 Å². The number of ether oxygens (including phenoxy) is 1. The van der Waals surface area contributed by atoms with Crippen molar-refractivity contribution in [2.24, 2.45) is 0 Å². The molecule has 0 atom stereocenters. The Morgan fingerprint density at radius 3 is 2.05 bits per heavy atom. The highest BCUT2D eigenvalue weighted by molar-refractivity contribution is 14.1. The van der Waals surface area contributed by atoms with Crippen molar-refractivity contribution in [2.75, 3.05) is 19.0 Å². The van der Waals surface area contributed by atoms with Crippen molar-refractivity contribution in [3.05, 3.63) is 21.8 Å². The van der Waals surface area contributed by atoms with Crippen molar-refractivity contribution in [1.82, 2.24) is 5.32 Å². The number of rotatable bonds is 4. The van der Waals surface area contributed by atoms with Crippen LogP contribution in [-0.2, 0) is 9.53 Å². The normalized spacial score (nSPS) is 10.1. The van der Waals surface area contributed by atoms with E-state index in [9.17, 15) is 14.4 Å². The van der Waals surface area contributed by atoms with E-state index >= 15 is 0 Å². The Labute approximate surface area is 168 Å². The summed E-state index contributed by atoms with van der Waals surface area (Å²) in [5, 5.41) is 5.23. The summed E-state index contributed by atoms with van der Waals surface area (Å²) in [5.41, 5.74) is 1.07.